The fraction of sp³-hybridized carbons (Fsp3) is 0.467. The molecule has 1 atom stereocenters. The van der Waals surface area contributed by atoms with Crippen LogP contribution in [-0.2, 0) is 14.3 Å². The summed E-state index contributed by atoms with van der Waals surface area (Å²) in [6, 6.07) is 5.81. The van der Waals surface area contributed by atoms with Gasteiger partial charge in [-0.2, -0.15) is 0 Å². The molecule has 0 aromatic heterocycles. The first-order valence-electron chi connectivity index (χ1n) is 6.61. The number of hydrogen-bond acceptors (Lipinski definition) is 3. The van der Waals surface area contributed by atoms with Gasteiger partial charge >= 0.3 is 5.97 Å². The first kappa shape index (κ1) is 14.5. The Hall–Kier alpha value is -1.91. The number of methoxy groups -OCH3 is 1. The first-order chi connectivity index (χ1) is 9.46. The Bertz CT molecular complexity index is 514. The number of halogens is 1. The van der Waals surface area contributed by atoms with E-state index in [9.17, 15) is 14.0 Å². The predicted molar refractivity (Wildman–Crippen MR) is 72.7 cm³/mol. The topological polar surface area (TPSA) is 46.6 Å². The molecule has 1 aliphatic rings. The van der Waals surface area contributed by atoms with Crippen LogP contribution in [-0.4, -0.2) is 25.5 Å². The summed E-state index contributed by atoms with van der Waals surface area (Å²) in [5, 5.41) is 0. The van der Waals surface area contributed by atoms with Crippen LogP contribution in [0.4, 0.5) is 10.1 Å². The molecule has 1 aliphatic heterocycles. The van der Waals surface area contributed by atoms with Crippen molar-refractivity contribution in [2.75, 3.05) is 18.6 Å². The number of ether oxygens (including phenoxy) is 1. The summed E-state index contributed by atoms with van der Waals surface area (Å²) >= 11 is 0. The molecular weight excluding hydrogens is 261 g/mol. The maximum absolute atomic E-state index is 12.9. The lowest BCUT2D eigenvalue weighted by Crippen LogP contribution is -2.35. The molecule has 1 unspecified atom stereocenters. The highest BCUT2D eigenvalue weighted by Crippen LogP contribution is 2.34. The highest BCUT2D eigenvalue weighted by molar-refractivity contribution is 5.96. The number of amides is 1. The SMILES string of the molecule is COC(=O)C1(C)CCCN(c2ccc(F)cc2)C(=O)C1. The second kappa shape index (κ2) is 5.61. The van der Waals surface area contributed by atoms with Crippen LogP contribution in [0.5, 0.6) is 0 Å². The Morgan fingerprint density at radius 2 is 2.00 bits per heavy atom. The molecule has 1 amide bonds. The summed E-state index contributed by atoms with van der Waals surface area (Å²) in [6.07, 6.45) is 1.41. The fourth-order valence-corrected chi connectivity index (χ4v) is 2.58. The van der Waals surface area contributed by atoms with Crippen molar-refractivity contribution in [2.24, 2.45) is 5.41 Å². The number of benzene rings is 1. The lowest BCUT2D eigenvalue weighted by molar-refractivity contribution is -0.154. The van der Waals surface area contributed by atoms with Crippen molar-refractivity contribution >= 4 is 17.6 Å². The third-order valence-corrected chi connectivity index (χ3v) is 3.77. The van der Waals surface area contributed by atoms with Gasteiger partial charge in [-0.3, -0.25) is 9.59 Å². The maximum Gasteiger partial charge on any atom is 0.312 e. The summed E-state index contributed by atoms with van der Waals surface area (Å²) < 4.78 is 17.7. The Morgan fingerprint density at radius 3 is 2.60 bits per heavy atom. The molecule has 1 saturated heterocycles. The molecule has 20 heavy (non-hydrogen) atoms. The van der Waals surface area contributed by atoms with E-state index in [0.29, 0.717) is 25.1 Å². The monoisotopic (exact) mass is 279 g/mol. The van der Waals surface area contributed by atoms with Crippen LogP contribution in [0.3, 0.4) is 0 Å². The largest absolute Gasteiger partial charge is 0.469 e. The zero-order chi connectivity index (χ0) is 14.8. The van der Waals surface area contributed by atoms with E-state index in [4.69, 9.17) is 4.74 Å². The fourth-order valence-electron chi connectivity index (χ4n) is 2.58. The van der Waals surface area contributed by atoms with Gasteiger partial charge in [0.15, 0.2) is 0 Å². The Morgan fingerprint density at radius 1 is 1.35 bits per heavy atom. The second-order valence-electron chi connectivity index (χ2n) is 5.35. The van der Waals surface area contributed by atoms with E-state index in [1.165, 1.54) is 19.2 Å². The first-order valence-corrected chi connectivity index (χ1v) is 6.61. The van der Waals surface area contributed by atoms with Crippen molar-refractivity contribution in [1.82, 2.24) is 0 Å². The molecule has 1 fully saturated rings. The van der Waals surface area contributed by atoms with Gasteiger partial charge in [-0.1, -0.05) is 0 Å². The molecule has 0 aliphatic carbocycles. The van der Waals surface area contributed by atoms with Crippen molar-refractivity contribution in [2.45, 2.75) is 26.2 Å². The van der Waals surface area contributed by atoms with Crippen LogP contribution in [0, 0.1) is 11.2 Å². The van der Waals surface area contributed by atoms with Crippen LogP contribution < -0.4 is 4.90 Å². The lowest BCUT2D eigenvalue weighted by atomic mass is 9.83. The molecule has 1 heterocycles. The van der Waals surface area contributed by atoms with Gasteiger partial charge in [-0.15, -0.1) is 0 Å². The Kier molecular flexibility index (Phi) is 4.06. The van der Waals surface area contributed by atoms with E-state index in [-0.39, 0.29) is 24.1 Å². The smallest absolute Gasteiger partial charge is 0.312 e. The molecular formula is C15H18FNO3. The molecule has 0 spiro atoms. The average Bonchev–Trinajstić information content (AvgIpc) is 2.58. The van der Waals surface area contributed by atoms with Crippen LogP contribution in [0.15, 0.2) is 24.3 Å². The lowest BCUT2D eigenvalue weighted by Gasteiger charge is -2.24. The van der Waals surface area contributed by atoms with Gasteiger partial charge in [-0.05, 0) is 44.0 Å². The molecule has 108 valence electrons. The van der Waals surface area contributed by atoms with E-state index in [0.717, 1.165) is 0 Å². The number of carbonyl (C=O) groups excluding carboxylic acids is 2. The van der Waals surface area contributed by atoms with Gasteiger partial charge in [0, 0.05) is 18.7 Å². The number of esters is 1. The standard InChI is InChI=1S/C15H18FNO3/c1-15(14(19)20-2)8-3-9-17(13(18)10-15)12-6-4-11(16)5-7-12/h4-7H,3,8-10H2,1-2H3. The Balaban J connectivity index is 2.21. The van der Waals surface area contributed by atoms with E-state index in [1.807, 2.05) is 0 Å². The van der Waals surface area contributed by atoms with Gasteiger partial charge in [0.1, 0.15) is 5.82 Å². The third kappa shape index (κ3) is 2.81. The second-order valence-corrected chi connectivity index (χ2v) is 5.35. The maximum atomic E-state index is 12.9. The molecule has 0 N–H and O–H groups in total. The van der Waals surface area contributed by atoms with Crippen molar-refractivity contribution < 1.29 is 18.7 Å². The van der Waals surface area contributed by atoms with E-state index < -0.39 is 5.41 Å². The normalized spacial score (nSPS) is 23.4. The minimum absolute atomic E-state index is 0.108. The molecule has 5 heteroatoms. The zero-order valence-corrected chi connectivity index (χ0v) is 11.7. The van der Waals surface area contributed by atoms with Gasteiger partial charge in [0.25, 0.3) is 0 Å². The Labute approximate surface area is 117 Å². The molecule has 4 nitrogen and oxygen atoms in total. The van der Waals surface area contributed by atoms with Crippen molar-refractivity contribution in [3.05, 3.63) is 30.1 Å². The van der Waals surface area contributed by atoms with Gasteiger partial charge in [0.2, 0.25) is 5.91 Å². The molecule has 0 saturated carbocycles. The summed E-state index contributed by atoms with van der Waals surface area (Å²) in [5.74, 6) is -0.829. The minimum atomic E-state index is -0.777. The van der Waals surface area contributed by atoms with E-state index in [1.54, 1.807) is 24.0 Å². The number of nitrogens with zero attached hydrogens (tertiary/aromatic N) is 1. The molecule has 1 aromatic rings. The highest BCUT2D eigenvalue weighted by atomic mass is 19.1. The summed E-state index contributed by atoms with van der Waals surface area (Å²) in [6.45, 7) is 2.28. The van der Waals surface area contributed by atoms with Gasteiger partial charge in [-0.25, -0.2) is 4.39 Å². The highest BCUT2D eigenvalue weighted by Gasteiger charge is 2.40. The molecule has 0 radical (unpaired) electrons. The van der Waals surface area contributed by atoms with Crippen LogP contribution in [0.25, 0.3) is 0 Å². The number of hydrogen-bond donors (Lipinski definition) is 0. The van der Waals surface area contributed by atoms with Crippen LogP contribution in [0.1, 0.15) is 26.2 Å². The quantitative estimate of drug-likeness (QED) is 0.781. The average molecular weight is 279 g/mol. The summed E-state index contributed by atoms with van der Waals surface area (Å²) in [7, 11) is 1.33. The summed E-state index contributed by atoms with van der Waals surface area (Å²) in [4.78, 5) is 25.8. The number of carbonyl (C=O) groups is 2. The van der Waals surface area contributed by atoms with Crippen molar-refractivity contribution in [3.8, 4) is 0 Å². The van der Waals surface area contributed by atoms with Crippen molar-refractivity contribution in [3.63, 3.8) is 0 Å². The van der Waals surface area contributed by atoms with E-state index in [2.05, 4.69) is 0 Å². The summed E-state index contributed by atoms with van der Waals surface area (Å²) in [5.41, 5.74) is -0.119. The predicted octanol–water partition coefficient (Wildman–Crippen LogP) is 2.52. The number of rotatable bonds is 2. The van der Waals surface area contributed by atoms with Crippen LogP contribution in [0.2, 0.25) is 0 Å². The minimum Gasteiger partial charge on any atom is -0.469 e. The van der Waals surface area contributed by atoms with Crippen molar-refractivity contribution in [1.29, 1.82) is 0 Å². The van der Waals surface area contributed by atoms with Gasteiger partial charge < -0.3 is 9.64 Å². The zero-order valence-electron chi connectivity index (χ0n) is 11.7. The van der Waals surface area contributed by atoms with Gasteiger partial charge in [0.05, 0.1) is 12.5 Å². The molecule has 1 aromatic carbocycles. The molecule has 2 rings (SSSR count). The third-order valence-electron chi connectivity index (χ3n) is 3.77. The van der Waals surface area contributed by atoms with Crippen LogP contribution >= 0.6 is 0 Å². The molecule has 0 bridgehead atoms. The number of anilines is 1. The van der Waals surface area contributed by atoms with E-state index >= 15 is 0 Å².